The van der Waals surface area contributed by atoms with Crippen molar-refractivity contribution < 1.29 is 4.79 Å². The summed E-state index contributed by atoms with van der Waals surface area (Å²) in [5, 5.41) is 8.95. The molecule has 1 aliphatic carbocycles. The first kappa shape index (κ1) is 9.85. The number of hydrogen-bond donors (Lipinski definition) is 0. The van der Waals surface area contributed by atoms with Crippen molar-refractivity contribution in [2.75, 3.05) is 0 Å². The van der Waals surface area contributed by atoms with Crippen LogP contribution in [0.2, 0.25) is 0 Å². The predicted octanol–water partition coefficient (Wildman–Crippen LogP) is 2.11. The number of nitrogens with zero attached hydrogens (tertiary/aromatic N) is 2. The number of carbonyl (C=O) groups is 1. The lowest BCUT2D eigenvalue weighted by Crippen LogP contribution is -2.27. The fourth-order valence-electron chi connectivity index (χ4n) is 2.09. The van der Waals surface area contributed by atoms with E-state index in [1.54, 1.807) is 6.20 Å². The van der Waals surface area contributed by atoms with Crippen LogP contribution in [0.3, 0.4) is 0 Å². The number of nitriles is 1. The smallest absolute Gasteiger partial charge is 0.165 e. The summed E-state index contributed by atoms with van der Waals surface area (Å²) in [6.07, 6.45) is 4.43. The Labute approximate surface area is 88.8 Å². The molecule has 0 N–H and O–H groups in total. The molecule has 1 aliphatic rings. The molecule has 0 bridgehead atoms. The van der Waals surface area contributed by atoms with Gasteiger partial charge in [0.15, 0.2) is 5.78 Å². The van der Waals surface area contributed by atoms with Crippen LogP contribution in [0, 0.1) is 16.7 Å². The van der Waals surface area contributed by atoms with E-state index in [1.165, 1.54) is 6.20 Å². The molecule has 0 aromatic carbocycles. The zero-order chi connectivity index (χ0) is 11.1. The highest BCUT2D eigenvalue weighted by atomic mass is 16.1. The Bertz CT molecular complexity index is 469. The Hall–Kier alpha value is -1.69. The van der Waals surface area contributed by atoms with Crippen molar-refractivity contribution in [3.05, 3.63) is 29.1 Å². The summed E-state index contributed by atoms with van der Waals surface area (Å²) in [5.74, 6) is 0.103. The van der Waals surface area contributed by atoms with Gasteiger partial charge in [0.1, 0.15) is 6.07 Å². The van der Waals surface area contributed by atoms with Crippen LogP contribution in [0.25, 0.3) is 0 Å². The van der Waals surface area contributed by atoms with Crippen molar-refractivity contribution in [3.63, 3.8) is 0 Å². The lowest BCUT2D eigenvalue weighted by atomic mass is 9.73. The first-order chi connectivity index (χ1) is 7.03. The third kappa shape index (κ3) is 1.63. The highest BCUT2D eigenvalue weighted by Crippen LogP contribution is 2.35. The van der Waals surface area contributed by atoms with Crippen LogP contribution in [-0.2, 0) is 6.42 Å². The average Bonchev–Trinajstić information content (AvgIpc) is 2.15. The average molecular weight is 200 g/mol. The molecule has 0 fully saturated rings. The fourth-order valence-corrected chi connectivity index (χ4v) is 2.09. The van der Waals surface area contributed by atoms with E-state index in [-0.39, 0.29) is 11.2 Å². The summed E-state index contributed by atoms with van der Waals surface area (Å²) < 4.78 is 0. The van der Waals surface area contributed by atoms with Crippen molar-refractivity contribution in [1.29, 1.82) is 5.26 Å². The quantitative estimate of drug-likeness (QED) is 0.644. The SMILES string of the molecule is CC1(C)CC(=O)c2cncc(C#N)c2C1. The van der Waals surface area contributed by atoms with Gasteiger partial charge in [0.2, 0.25) is 0 Å². The molecule has 0 atom stereocenters. The van der Waals surface area contributed by atoms with Crippen molar-refractivity contribution >= 4 is 5.78 Å². The van der Waals surface area contributed by atoms with Gasteiger partial charge in [-0.25, -0.2) is 0 Å². The Morgan fingerprint density at radius 1 is 1.40 bits per heavy atom. The van der Waals surface area contributed by atoms with E-state index < -0.39 is 0 Å². The summed E-state index contributed by atoms with van der Waals surface area (Å²) in [6.45, 7) is 4.10. The molecule has 15 heavy (non-hydrogen) atoms. The zero-order valence-electron chi connectivity index (χ0n) is 8.87. The second-order valence-electron chi connectivity index (χ2n) is 4.77. The molecular formula is C12H12N2O. The van der Waals surface area contributed by atoms with Crippen LogP contribution in [0.15, 0.2) is 12.4 Å². The topological polar surface area (TPSA) is 53.8 Å². The number of carbonyl (C=O) groups excluding carboxylic acids is 1. The van der Waals surface area contributed by atoms with Gasteiger partial charge < -0.3 is 0 Å². The van der Waals surface area contributed by atoms with Gasteiger partial charge in [0.25, 0.3) is 0 Å². The van der Waals surface area contributed by atoms with Crippen molar-refractivity contribution in [1.82, 2.24) is 4.98 Å². The molecule has 1 aromatic rings. The zero-order valence-corrected chi connectivity index (χ0v) is 8.87. The minimum atomic E-state index is -0.0446. The summed E-state index contributed by atoms with van der Waals surface area (Å²) >= 11 is 0. The van der Waals surface area contributed by atoms with E-state index in [0.29, 0.717) is 17.5 Å². The Morgan fingerprint density at radius 3 is 2.80 bits per heavy atom. The third-order valence-electron chi connectivity index (χ3n) is 2.77. The summed E-state index contributed by atoms with van der Waals surface area (Å²) in [5.41, 5.74) is 1.99. The van der Waals surface area contributed by atoms with E-state index in [2.05, 4.69) is 24.9 Å². The number of ketones is 1. The number of Topliss-reactive ketones (excluding diaryl/α,β-unsaturated/α-hetero) is 1. The number of hydrogen-bond acceptors (Lipinski definition) is 3. The van der Waals surface area contributed by atoms with Crippen LogP contribution < -0.4 is 0 Å². The van der Waals surface area contributed by atoms with E-state index in [1.807, 2.05) is 0 Å². The first-order valence-electron chi connectivity index (χ1n) is 4.94. The van der Waals surface area contributed by atoms with Gasteiger partial charge in [-0.15, -0.1) is 0 Å². The summed E-state index contributed by atoms with van der Waals surface area (Å²) in [7, 11) is 0. The summed E-state index contributed by atoms with van der Waals surface area (Å²) in [6, 6.07) is 2.10. The fraction of sp³-hybridized carbons (Fsp3) is 0.417. The molecule has 3 nitrogen and oxygen atoms in total. The molecule has 0 spiro atoms. The van der Waals surface area contributed by atoms with Gasteiger partial charge in [0.05, 0.1) is 5.56 Å². The molecule has 0 radical (unpaired) electrons. The lowest BCUT2D eigenvalue weighted by Gasteiger charge is -2.30. The van der Waals surface area contributed by atoms with Gasteiger partial charge >= 0.3 is 0 Å². The normalized spacial score (nSPS) is 18.1. The molecular weight excluding hydrogens is 188 g/mol. The molecule has 0 saturated carbocycles. The molecule has 0 saturated heterocycles. The van der Waals surface area contributed by atoms with E-state index in [9.17, 15) is 4.79 Å². The maximum atomic E-state index is 11.8. The largest absolute Gasteiger partial charge is 0.294 e. The van der Waals surface area contributed by atoms with Crippen molar-refractivity contribution in [2.45, 2.75) is 26.7 Å². The molecule has 76 valence electrons. The highest BCUT2D eigenvalue weighted by Gasteiger charge is 2.32. The molecule has 0 aliphatic heterocycles. The summed E-state index contributed by atoms with van der Waals surface area (Å²) in [4.78, 5) is 15.7. The van der Waals surface area contributed by atoms with E-state index in [4.69, 9.17) is 5.26 Å². The van der Waals surface area contributed by atoms with Gasteiger partial charge in [-0.05, 0) is 17.4 Å². The molecule has 1 heterocycles. The number of pyridine rings is 1. The Kier molecular flexibility index (Phi) is 2.08. The monoisotopic (exact) mass is 200 g/mol. The van der Waals surface area contributed by atoms with Gasteiger partial charge in [-0.1, -0.05) is 13.8 Å². The van der Waals surface area contributed by atoms with Gasteiger partial charge in [-0.3, -0.25) is 9.78 Å². The van der Waals surface area contributed by atoms with Crippen LogP contribution >= 0.6 is 0 Å². The molecule has 0 unspecified atom stereocenters. The lowest BCUT2D eigenvalue weighted by molar-refractivity contribution is 0.0911. The van der Waals surface area contributed by atoms with Gasteiger partial charge in [0, 0.05) is 24.4 Å². The van der Waals surface area contributed by atoms with Crippen molar-refractivity contribution in [3.8, 4) is 6.07 Å². The second-order valence-corrected chi connectivity index (χ2v) is 4.77. The third-order valence-corrected chi connectivity index (χ3v) is 2.77. The first-order valence-corrected chi connectivity index (χ1v) is 4.94. The minimum absolute atomic E-state index is 0.0446. The van der Waals surface area contributed by atoms with Crippen LogP contribution in [0.1, 0.15) is 41.8 Å². The van der Waals surface area contributed by atoms with Crippen LogP contribution in [0.4, 0.5) is 0 Å². The Balaban J connectivity index is 2.61. The van der Waals surface area contributed by atoms with Crippen LogP contribution in [0.5, 0.6) is 0 Å². The maximum Gasteiger partial charge on any atom is 0.165 e. The number of rotatable bonds is 0. The molecule has 0 amide bonds. The molecule has 1 aromatic heterocycles. The Morgan fingerprint density at radius 2 is 2.13 bits per heavy atom. The van der Waals surface area contributed by atoms with E-state index >= 15 is 0 Å². The minimum Gasteiger partial charge on any atom is -0.294 e. The maximum absolute atomic E-state index is 11.8. The number of aromatic nitrogens is 1. The van der Waals surface area contributed by atoms with Crippen LogP contribution in [-0.4, -0.2) is 10.8 Å². The number of fused-ring (bicyclic) bond motifs is 1. The predicted molar refractivity (Wildman–Crippen MR) is 55.4 cm³/mol. The van der Waals surface area contributed by atoms with Gasteiger partial charge in [-0.2, -0.15) is 5.26 Å². The second kappa shape index (κ2) is 3.16. The van der Waals surface area contributed by atoms with Crippen molar-refractivity contribution in [2.24, 2.45) is 5.41 Å². The standard InChI is InChI=1S/C12H12N2O/c1-12(2)3-9-8(5-13)6-14-7-10(9)11(15)4-12/h6-7H,3-4H2,1-2H3. The molecule has 2 rings (SSSR count). The highest BCUT2D eigenvalue weighted by molar-refractivity contribution is 5.99. The van der Waals surface area contributed by atoms with E-state index in [0.717, 1.165) is 12.0 Å². The molecule has 3 heteroatoms.